The van der Waals surface area contributed by atoms with Crippen molar-refractivity contribution in [2.75, 3.05) is 13.1 Å². The molecule has 2 nitrogen and oxygen atoms in total. The highest BCUT2D eigenvalue weighted by atomic mass is 35.5. The summed E-state index contributed by atoms with van der Waals surface area (Å²) in [5.41, 5.74) is 0.881. The maximum atomic E-state index is 12.1. The Kier molecular flexibility index (Phi) is 4.77. The van der Waals surface area contributed by atoms with E-state index in [9.17, 15) is 4.79 Å². The van der Waals surface area contributed by atoms with Gasteiger partial charge in [0.1, 0.15) is 0 Å². The molecule has 1 aromatic carbocycles. The summed E-state index contributed by atoms with van der Waals surface area (Å²) in [6.07, 6.45) is 2.31. The molecule has 2 rings (SSSR count). The van der Waals surface area contributed by atoms with Crippen LogP contribution in [-0.2, 0) is 11.2 Å². The lowest BCUT2D eigenvalue weighted by Gasteiger charge is -2.29. The predicted molar refractivity (Wildman–Crippen MR) is 75.6 cm³/mol. The zero-order valence-electron chi connectivity index (χ0n) is 9.83. The average molecular weight is 307 g/mol. The predicted octanol–water partition coefficient (Wildman–Crippen LogP) is 3.77. The topological polar surface area (TPSA) is 20.3 Å². The van der Waals surface area contributed by atoms with E-state index in [1.807, 2.05) is 11.0 Å². The third kappa shape index (κ3) is 3.53. The number of rotatable bonds is 2. The number of hydrogen-bond acceptors (Lipinski definition) is 1. The van der Waals surface area contributed by atoms with Crippen LogP contribution in [0.5, 0.6) is 0 Å². The summed E-state index contributed by atoms with van der Waals surface area (Å²) in [5, 5.41) is 1.07. The fraction of sp³-hybridized carbons (Fsp3) is 0.462. The van der Waals surface area contributed by atoms with Crippen LogP contribution in [0.2, 0.25) is 10.0 Å². The van der Waals surface area contributed by atoms with E-state index in [4.69, 9.17) is 34.8 Å². The first-order valence-electron chi connectivity index (χ1n) is 5.92. The normalized spacial score (nSPS) is 19.9. The second-order valence-electron chi connectivity index (χ2n) is 4.50. The van der Waals surface area contributed by atoms with Gasteiger partial charge in [0, 0.05) is 13.1 Å². The van der Waals surface area contributed by atoms with Gasteiger partial charge in [0.25, 0.3) is 0 Å². The van der Waals surface area contributed by atoms with Crippen LogP contribution in [0.3, 0.4) is 0 Å². The van der Waals surface area contributed by atoms with Gasteiger partial charge in [-0.1, -0.05) is 29.3 Å². The first-order valence-corrected chi connectivity index (χ1v) is 7.11. The number of carbonyl (C=O) groups excluding carboxylic acids is 1. The van der Waals surface area contributed by atoms with Gasteiger partial charge in [-0.15, -0.1) is 11.6 Å². The molecule has 1 fully saturated rings. The molecule has 1 atom stereocenters. The second kappa shape index (κ2) is 6.14. The van der Waals surface area contributed by atoms with Crippen LogP contribution in [0, 0.1) is 0 Å². The monoisotopic (exact) mass is 305 g/mol. The van der Waals surface area contributed by atoms with E-state index in [0.717, 1.165) is 24.9 Å². The SMILES string of the molecule is O=C(Cc1ccc(Cl)c(Cl)c1)N1CCCC(Cl)C1. The van der Waals surface area contributed by atoms with Crippen LogP contribution in [0.25, 0.3) is 0 Å². The fourth-order valence-electron chi connectivity index (χ4n) is 2.09. The highest BCUT2D eigenvalue weighted by Gasteiger charge is 2.22. The smallest absolute Gasteiger partial charge is 0.227 e. The molecule has 98 valence electrons. The van der Waals surface area contributed by atoms with E-state index < -0.39 is 0 Å². The Hall–Kier alpha value is -0.440. The number of nitrogens with zero attached hydrogens (tertiary/aromatic N) is 1. The van der Waals surface area contributed by atoms with E-state index >= 15 is 0 Å². The number of likely N-dealkylation sites (tertiary alicyclic amines) is 1. The molecule has 0 N–H and O–H groups in total. The van der Waals surface area contributed by atoms with Gasteiger partial charge >= 0.3 is 0 Å². The molecular formula is C13H14Cl3NO. The number of carbonyl (C=O) groups is 1. The Morgan fingerprint density at radius 2 is 2.11 bits per heavy atom. The van der Waals surface area contributed by atoms with Crippen LogP contribution < -0.4 is 0 Å². The van der Waals surface area contributed by atoms with Crippen molar-refractivity contribution in [1.82, 2.24) is 4.90 Å². The molecular weight excluding hydrogens is 293 g/mol. The maximum Gasteiger partial charge on any atom is 0.227 e. The van der Waals surface area contributed by atoms with Crippen molar-refractivity contribution in [3.05, 3.63) is 33.8 Å². The largest absolute Gasteiger partial charge is 0.341 e. The van der Waals surface area contributed by atoms with Crippen molar-refractivity contribution in [2.24, 2.45) is 0 Å². The minimum atomic E-state index is 0.0801. The molecule has 0 spiro atoms. The number of benzene rings is 1. The molecule has 0 bridgehead atoms. The molecule has 0 aliphatic carbocycles. The van der Waals surface area contributed by atoms with Crippen molar-refractivity contribution >= 4 is 40.7 Å². The average Bonchev–Trinajstić information content (AvgIpc) is 2.34. The number of amides is 1. The van der Waals surface area contributed by atoms with E-state index in [1.54, 1.807) is 12.1 Å². The molecule has 5 heteroatoms. The lowest BCUT2D eigenvalue weighted by molar-refractivity contribution is -0.131. The van der Waals surface area contributed by atoms with Crippen LogP contribution in [0.15, 0.2) is 18.2 Å². The minimum absolute atomic E-state index is 0.0801. The summed E-state index contributed by atoms with van der Waals surface area (Å²) in [6, 6.07) is 5.28. The fourth-order valence-corrected chi connectivity index (χ4v) is 2.73. The van der Waals surface area contributed by atoms with Gasteiger partial charge in [-0.3, -0.25) is 4.79 Å². The quantitative estimate of drug-likeness (QED) is 0.762. The molecule has 0 saturated carbocycles. The van der Waals surface area contributed by atoms with Crippen LogP contribution >= 0.6 is 34.8 Å². The van der Waals surface area contributed by atoms with Gasteiger partial charge in [0.15, 0.2) is 0 Å². The van der Waals surface area contributed by atoms with E-state index in [-0.39, 0.29) is 11.3 Å². The van der Waals surface area contributed by atoms with E-state index in [0.29, 0.717) is 23.0 Å². The maximum absolute atomic E-state index is 12.1. The third-order valence-corrected chi connectivity index (χ3v) is 4.15. The first-order chi connectivity index (χ1) is 8.56. The molecule has 1 saturated heterocycles. The number of alkyl halides is 1. The van der Waals surface area contributed by atoms with Gasteiger partial charge in [-0.05, 0) is 30.5 Å². The lowest BCUT2D eigenvalue weighted by atomic mass is 10.1. The molecule has 1 heterocycles. The molecule has 0 aromatic heterocycles. The Morgan fingerprint density at radius 3 is 2.78 bits per heavy atom. The molecule has 1 aromatic rings. The van der Waals surface area contributed by atoms with Crippen molar-refractivity contribution in [2.45, 2.75) is 24.6 Å². The van der Waals surface area contributed by atoms with Crippen LogP contribution in [-0.4, -0.2) is 29.3 Å². The van der Waals surface area contributed by atoms with Gasteiger partial charge in [-0.2, -0.15) is 0 Å². The molecule has 1 aliphatic rings. The highest BCUT2D eigenvalue weighted by molar-refractivity contribution is 6.42. The number of piperidine rings is 1. The summed E-state index contributed by atoms with van der Waals surface area (Å²) in [5.74, 6) is 0.0961. The summed E-state index contributed by atoms with van der Waals surface area (Å²) in [4.78, 5) is 13.9. The van der Waals surface area contributed by atoms with Crippen molar-refractivity contribution in [3.8, 4) is 0 Å². The molecule has 18 heavy (non-hydrogen) atoms. The first kappa shape index (κ1) is 14.0. The Bertz CT molecular complexity index is 450. The van der Waals surface area contributed by atoms with Crippen molar-refractivity contribution < 1.29 is 4.79 Å². The summed E-state index contributed by atoms with van der Waals surface area (Å²) < 4.78 is 0. The molecule has 1 unspecified atom stereocenters. The van der Waals surface area contributed by atoms with Gasteiger partial charge in [0.05, 0.1) is 21.8 Å². The standard InChI is InChI=1S/C13H14Cl3NO/c14-10-2-1-5-17(8-10)13(18)7-9-3-4-11(15)12(16)6-9/h3-4,6,10H,1-2,5,7-8H2. The highest BCUT2D eigenvalue weighted by Crippen LogP contribution is 2.23. The zero-order chi connectivity index (χ0) is 13.1. The van der Waals surface area contributed by atoms with Gasteiger partial charge in [-0.25, -0.2) is 0 Å². The van der Waals surface area contributed by atoms with Gasteiger partial charge < -0.3 is 4.90 Å². The Morgan fingerprint density at radius 1 is 1.33 bits per heavy atom. The van der Waals surface area contributed by atoms with E-state index in [2.05, 4.69) is 0 Å². The van der Waals surface area contributed by atoms with Gasteiger partial charge in [0.2, 0.25) is 5.91 Å². The number of halogens is 3. The third-order valence-electron chi connectivity index (χ3n) is 3.06. The number of hydrogen-bond donors (Lipinski definition) is 0. The van der Waals surface area contributed by atoms with Crippen LogP contribution in [0.4, 0.5) is 0 Å². The second-order valence-corrected chi connectivity index (χ2v) is 5.94. The lowest BCUT2D eigenvalue weighted by Crippen LogP contribution is -2.41. The van der Waals surface area contributed by atoms with Crippen molar-refractivity contribution in [1.29, 1.82) is 0 Å². The molecule has 1 amide bonds. The Labute approximate surface area is 122 Å². The molecule has 0 radical (unpaired) electrons. The summed E-state index contributed by atoms with van der Waals surface area (Å²) in [7, 11) is 0. The summed E-state index contributed by atoms with van der Waals surface area (Å²) in [6.45, 7) is 1.44. The summed E-state index contributed by atoms with van der Waals surface area (Å²) >= 11 is 17.8. The molecule has 1 aliphatic heterocycles. The minimum Gasteiger partial charge on any atom is -0.341 e. The van der Waals surface area contributed by atoms with Crippen molar-refractivity contribution in [3.63, 3.8) is 0 Å². The zero-order valence-corrected chi connectivity index (χ0v) is 12.1. The Balaban J connectivity index is 2.00. The van der Waals surface area contributed by atoms with Crippen LogP contribution in [0.1, 0.15) is 18.4 Å². The van der Waals surface area contributed by atoms with E-state index in [1.165, 1.54) is 0 Å².